The Kier molecular flexibility index (Phi) is 6.42. The lowest BCUT2D eigenvalue weighted by Gasteiger charge is -2.29. The standard InChI is InChI=1S/C26H25BrClN3O4S/c27-19-5-1-17(2-6-19)15-36(34,35)21-13-22(23(32)30-25(16-29)9-10-25)31(14-21)24(33)26(11-12-26)18-3-7-20(28)8-4-18/h1-8,21-22H,9-15H2,(H,30,32). The Hall–Kier alpha value is -2.41. The summed E-state index contributed by atoms with van der Waals surface area (Å²) < 4.78 is 27.7. The van der Waals surface area contributed by atoms with Crippen molar-refractivity contribution in [1.82, 2.24) is 10.2 Å². The van der Waals surface area contributed by atoms with Gasteiger partial charge in [-0.1, -0.05) is 51.8 Å². The predicted octanol–water partition coefficient (Wildman–Crippen LogP) is 3.89. The minimum Gasteiger partial charge on any atom is -0.336 e. The summed E-state index contributed by atoms with van der Waals surface area (Å²) in [7, 11) is -3.66. The van der Waals surface area contributed by atoms with E-state index in [1.807, 2.05) is 12.1 Å². The number of carbonyl (C=O) groups is 2. The topological polar surface area (TPSA) is 107 Å². The van der Waals surface area contributed by atoms with Crippen LogP contribution in [0.3, 0.4) is 0 Å². The van der Waals surface area contributed by atoms with Crippen LogP contribution in [0.15, 0.2) is 53.0 Å². The van der Waals surface area contributed by atoms with Crippen molar-refractivity contribution >= 4 is 49.2 Å². The van der Waals surface area contributed by atoms with Crippen LogP contribution in [0.1, 0.15) is 43.2 Å². The molecule has 2 atom stereocenters. The molecule has 2 saturated carbocycles. The molecule has 1 aliphatic heterocycles. The largest absolute Gasteiger partial charge is 0.336 e. The average molecular weight is 591 g/mol. The van der Waals surface area contributed by atoms with Crippen molar-refractivity contribution in [2.24, 2.45) is 0 Å². The van der Waals surface area contributed by atoms with Gasteiger partial charge in [-0.05, 0) is 67.5 Å². The van der Waals surface area contributed by atoms with Crippen LogP contribution < -0.4 is 5.32 Å². The van der Waals surface area contributed by atoms with E-state index in [0.717, 1.165) is 10.0 Å². The molecule has 3 fully saturated rings. The molecule has 0 spiro atoms. The maximum atomic E-state index is 13.9. The molecule has 36 heavy (non-hydrogen) atoms. The second-order valence-corrected chi connectivity index (χ2v) is 13.7. The van der Waals surface area contributed by atoms with E-state index in [9.17, 15) is 23.3 Å². The Labute approximate surface area is 223 Å². The molecular formula is C26H25BrClN3O4S. The summed E-state index contributed by atoms with van der Waals surface area (Å²) in [6.45, 7) is -0.0509. The average Bonchev–Trinajstić information content (AvgIpc) is 3.77. The fourth-order valence-electron chi connectivity index (χ4n) is 4.97. The van der Waals surface area contributed by atoms with Gasteiger partial charge in [0.2, 0.25) is 11.8 Å². The van der Waals surface area contributed by atoms with Crippen molar-refractivity contribution in [3.8, 4) is 6.07 Å². The van der Waals surface area contributed by atoms with Crippen LogP contribution in [0, 0.1) is 11.3 Å². The third-order valence-corrected chi connectivity index (χ3v) is 10.4. The Morgan fingerprint density at radius 1 is 1.08 bits per heavy atom. The van der Waals surface area contributed by atoms with Crippen LogP contribution in [0.2, 0.25) is 5.02 Å². The monoisotopic (exact) mass is 589 g/mol. The van der Waals surface area contributed by atoms with E-state index in [4.69, 9.17) is 11.6 Å². The predicted molar refractivity (Wildman–Crippen MR) is 139 cm³/mol. The lowest BCUT2D eigenvalue weighted by molar-refractivity contribution is -0.140. The minimum atomic E-state index is -3.66. The summed E-state index contributed by atoms with van der Waals surface area (Å²) in [5, 5.41) is 11.9. The highest BCUT2D eigenvalue weighted by atomic mass is 79.9. The quantitative estimate of drug-likeness (QED) is 0.527. The maximum Gasteiger partial charge on any atom is 0.244 e. The van der Waals surface area contributed by atoms with Crippen LogP contribution >= 0.6 is 27.5 Å². The van der Waals surface area contributed by atoms with Crippen molar-refractivity contribution in [3.05, 3.63) is 69.2 Å². The number of carbonyl (C=O) groups excluding carboxylic acids is 2. The van der Waals surface area contributed by atoms with Gasteiger partial charge in [-0.25, -0.2) is 8.42 Å². The second-order valence-electron chi connectivity index (χ2n) is 10.0. The van der Waals surface area contributed by atoms with Crippen LogP contribution in [-0.4, -0.2) is 48.5 Å². The maximum absolute atomic E-state index is 13.9. The van der Waals surface area contributed by atoms with E-state index in [0.29, 0.717) is 36.3 Å². The summed E-state index contributed by atoms with van der Waals surface area (Å²) in [6, 6.07) is 15.3. The highest BCUT2D eigenvalue weighted by Crippen LogP contribution is 2.51. The lowest BCUT2D eigenvalue weighted by atomic mass is 9.94. The van der Waals surface area contributed by atoms with Crippen molar-refractivity contribution in [2.75, 3.05) is 6.54 Å². The van der Waals surface area contributed by atoms with E-state index < -0.39 is 38.0 Å². The van der Waals surface area contributed by atoms with Crippen molar-refractivity contribution in [2.45, 2.75) is 60.1 Å². The lowest BCUT2D eigenvalue weighted by Crippen LogP contribution is -2.51. The molecule has 3 aliphatic rings. The summed E-state index contributed by atoms with van der Waals surface area (Å²) >= 11 is 9.39. The molecule has 0 radical (unpaired) electrons. The molecule has 1 N–H and O–H groups in total. The fourth-order valence-corrected chi connectivity index (χ4v) is 7.11. The molecule has 2 aromatic rings. The molecule has 2 amide bonds. The SMILES string of the molecule is N#CC1(NC(=O)C2CC(S(=O)(=O)Cc3ccc(Br)cc3)CN2C(=O)C2(c3ccc(Cl)cc3)CC2)CC1. The van der Waals surface area contributed by atoms with E-state index in [1.54, 1.807) is 36.4 Å². The number of sulfone groups is 1. The molecule has 2 aliphatic carbocycles. The number of hydrogen-bond acceptors (Lipinski definition) is 5. The molecule has 2 unspecified atom stereocenters. The van der Waals surface area contributed by atoms with Crippen molar-refractivity contribution < 1.29 is 18.0 Å². The van der Waals surface area contributed by atoms with Crippen LogP contribution in [0.4, 0.5) is 0 Å². The fraction of sp³-hybridized carbons (Fsp3) is 0.423. The Bertz CT molecular complexity index is 1350. The molecule has 10 heteroatoms. The zero-order valence-corrected chi connectivity index (χ0v) is 22.6. The summed E-state index contributed by atoms with van der Waals surface area (Å²) in [5.74, 6) is -0.880. The van der Waals surface area contributed by atoms with Gasteiger partial charge in [-0.3, -0.25) is 9.59 Å². The third kappa shape index (κ3) is 4.79. The number of hydrogen-bond donors (Lipinski definition) is 1. The molecule has 0 bridgehead atoms. The van der Waals surface area contributed by atoms with Gasteiger partial charge in [0.1, 0.15) is 11.6 Å². The van der Waals surface area contributed by atoms with Crippen molar-refractivity contribution in [1.29, 1.82) is 5.26 Å². The molecule has 2 aromatic carbocycles. The van der Waals surface area contributed by atoms with Crippen LogP contribution in [-0.2, 0) is 30.6 Å². The van der Waals surface area contributed by atoms with Gasteiger partial charge in [-0.2, -0.15) is 5.26 Å². The summed E-state index contributed by atoms with van der Waals surface area (Å²) in [6.07, 6.45) is 2.36. The Morgan fingerprint density at radius 2 is 1.72 bits per heavy atom. The van der Waals surface area contributed by atoms with Gasteiger partial charge in [0.05, 0.1) is 22.5 Å². The number of nitrogens with zero attached hydrogens (tertiary/aromatic N) is 2. The number of nitrogens with one attached hydrogen (secondary N) is 1. The minimum absolute atomic E-state index is 0.00857. The number of likely N-dealkylation sites (tertiary alicyclic amines) is 1. The highest BCUT2D eigenvalue weighted by Gasteiger charge is 2.57. The first-order valence-electron chi connectivity index (χ1n) is 11.8. The number of halogens is 2. The smallest absolute Gasteiger partial charge is 0.244 e. The van der Waals surface area contributed by atoms with E-state index >= 15 is 0 Å². The normalized spacial score (nSPS) is 23.5. The number of amides is 2. The molecule has 188 valence electrons. The number of benzene rings is 2. The van der Waals surface area contributed by atoms with Gasteiger partial charge in [0, 0.05) is 16.0 Å². The zero-order chi connectivity index (χ0) is 25.7. The van der Waals surface area contributed by atoms with Crippen LogP contribution in [0.25, 0.3) is 0 Å². The first-order chi connectivity index (χ1) is 17.1. The van der Waals surface area contributed by atoms with Gasteiger partial charge >= 0.3 is 0 Å². The Balaban J connectivity index is 1.42. The molecule has 7 nitrogen and oxygen atoms in total. The molecule has 0 aromatic heterocycles. The number of rotatable bonds is 7. The van der Waals surface area contributed by atoms with Gasteiger partial charge in [0.15, 0.2) is 9.84 Å². The van der Waals surface area contributed by atoms with E-state index in [-0.39, 0.29) is 24.6 Å². The molecule has 1 saturated heterocycles. The summed E-state index contributed by atoms with van der Waals surface area (Å²) in [5.41, 5.74) is -0.230. The number of nitriles is 1. The van der Waals surface area contributed by atoms with Gasteiger partial charge in [-0.15, -0.1) is 0 Å². The molecule has 1 heterocycles. The van der Waals surface area contributed by atoms with Crippen LogP contribution in [0.5, 0.6) is 0 Å². The van der Waals surface area contributed by atoms with Crippen molar-refractivity contribution in [3.63, 3.8) is 0 Å². The molecule has 5 rings (SSSR count). The van der Waals surface area contributed by atoms with Gasteiger partial charge < -0.3 is 10.2 Å². The van der Waals surface area contributed by atoms with Gasteiger partial charge in [0.25, 0.3) is 0 Å². The second kappa shape index (κ2) is 9.16. The summed E-state index contributed by atoms with van der Waals surface area (Å²) in [4.78, 5) is 28.6. The zero-order valence-electron chi connectivity index (χ0n) is 19.4. The Morgan fingerprint density at radius 3 is 2.28 bits per heavy atom. The first-order valence-corrected chi connectivity index (χ1v) is 14.7. The first kappa shape index (κ1) is 25.2. The molecular weight excluding hydrogens is 566 g/mol. The van der Waals surface area contributed by atoms with E-state index in [1.165, 1.54) is 4.90 Å². The third-order valence-electron chi connectivity index (χ3n) is 7.50. The highest BCUT2D eigenvalue weighted by molar-refractivity contribution is 9.10. The van der Waals surface area contributed by atoms with E-state index in [2.05, 4.69) is 27.3 Å².